The molecule has 0 spiro atoms. The average molecular weight is 334 g/mol. The number of piperazine rings is 1. The van der Waals surface area contributed by atoms with Crippen molar-refractivity contribution in [2.75, 3.05) is 31.1 Å². The fourth-order valence-corrected chi connectivity index (χ4v) is 4.18. The second kappa shape index (κ2) is 6.60. The molecule has 1 aliphatic rings. The molecule has 120 valence electrons. The van der Waals surface area contributed by atoms with E-state index in [2.05, 4.69) is 34.1 Å². The van der Waals surface area contributed by atoms with E-state index in [4.69, 9.17) is 4.98 Å². The van der Waals surface area contributed by atoms with E-state index in [1.54, 1.807) is 11.3 Å². The largest absolute Gasteiger partial charge is 0.368 e. The maximum Gasteiger partial charge on any atom is 0.108 e. The number of anilines is 1. The molecule has 0 unspecified atom stereocenters. The van der Waals surface area contributed by atoms with Gasteiger partial charge in [-0.2, -0.15) is 5.26 Å². The molecule has 24 heavy (non-hydrogen) atoms. The van der Waals surface area contributed by atoms with Gasteiger partial charge in [0.15, 0.2) is 0 Å². The third kappa shape index (κ3) is 2.99. The van der Waals surface area contributed by atoms with Crippen LogP contribution in [0.4, 0.5) is 5.69 Å². The number of thiazole rings is 1. The zero-order valence-corrected chi connectivity index (χ0v) is 14.2. The Labute approximate surface area is 145 Å². The van der Waals surface area contributed by atoms with Gasteiger partial charge in [-0.05, 0) is 24.3 Å². The van der Waals surface area contributed by atoms with Crippen LogP contribution in [0.5, 0.6) is 0 Å². The minimum Gasteiger partial charge on any atom is -0.368 e. The zero-order valence-electron chi connectivity index (χ0n) is 13.4. The third-order valence-corrected chi connectivity index (χ3v) is 5.46. The fraction of sp³-hybridized carbons (Fsp3) is 0.263. The maximum atomic E-state index is 9.27. The number of aromatic nitrogens is 1. The van der Waals surface area contributed by atoms with Gasteiger partial charge in [-0.15, -0.1) is 11.3 Å². The first-order valence-corrected chi connectivity index (χ1v) is 8.96. The van der Waals surface area contributed by atoms with Gasteiger partial charge in [0.25, 0.3) is 0 Å². The molecule has 2 heterocycles. The van der Waals surface area contributed by atoms with Crippen LogP contribution in [0.15, 0.2) is 48.5 Å². The summed E-state index contributed by atoms with van der Waals surface area (Å²) < 4.78 is 1.26. The highest BCUT2D eigenvalue weighted by Crippen LogP contribution is 2.24. The first-order chi connectivity index (χ1) is 11.8. The molecule has 0 atom stereocenters. The molecule has 1 fully saturated rings. The minimum absolute atomic E-state index is 0.761. The number of benzene rings is 2. The summed E-state index contributed by atoms with van der Waals surface area (Å²) in [6, 6.07) is 18.5. The molecule has 0 aliphatic carbocycles. The van der Waals surface area contributed by atoms with Gasteiger partial charge in [0, 0.05) is 26.2 Å². The van der Waals surface area contributed by atoms with Crippen molar-refractivity contribution < 1.29 is 0 Å². The number of rotatable bonds is 3. The Morgan fingerprint density at radius 3 is 2.54 bits per heavy atom. The molecule has 0 N–H and O–H groups in total. The van der Waals surface area contributed by atoms with Crippen LogP contribution in [0, 0.1) is 11.3 Å². The van der Waals surface area contributed by atoms with E-state index in [1.165, 1.54) is 9.71 Å². The molecule has 0 bridgehead atoms. The SMILES string of the molecule is N#Cc1ccccc1N1CCN(Cc2nc3ccccc3s2)CC1. The molecule has 1 saturated heterocycles. The second-order valence-corrected chi connectivity index (χ2v) is 7.08. The van der Waals surface area contributed by atoms with Crippen molar-refractivity contribution in [3.63, 3.8) is 0 Å². The van der Waals surface area contributed by atoms with Gasteiger partial charge >= 0.3 is 0 Å². The Hall–Kier alpha value is -2.42. The Bertz CT molecular complexity index is 855. The summed E-state index contributed by atoms with van der Waals surface area (Å²) >= 11 is 1.78. The van der Waals surface area contributed by atoms with E-state index < -0.39 is 0 Å². The van der Waals surface area contributed by atoms with E-state index in [9.17, 15) is 5.26 Å². The lowest BCUT2D eigenvalue weighted by Gasteiger charge is -2.36. The van der Waals surface area contributed by atoms with Gasteiger partial charge in [0.1, 0.15) is 11.1 Å². The summed E-state index contributed by atoms with van der Waals surface area (Å²) in [6.45, 7) is 4.80. The van der Waals surface area contributed by atoms with Crippen molar-refractivity contribution in [3.8, 4) is 6.07 Å². The van der Waals surface area contributed by atoms with E-state index in [0.717, 1.165) is 49.5 Å². The highest BCUT2D eigenvalue weighted by molar-refractivity contribution is 7.18. The van der Waals surface area contributed by atoms with Crippen molar-refractivity contribution in [2.45, 2.75) is 6.54 Å². The summed E-state index contributed by atoms with van der Waals surface area (Å²) in [5.74, 6) is 0. The molecule has 1 aromatic heterocycles. The number of para-hydroxylation sites is 2. The Balaban J connectivity index is 1.42. The van der Waals surface area contributed by atoms with Crippen molar-refractivity contribution in [3.05, 3.63) is 59.1 Å². The van der Waals surface area contributed by atoms with Crippen molar-refractivity contribution >= 4 is 27.2 Å². The van der Waals surface area contributed by atoms with Crippen LogP contribution in [0.3, 0.4) is 0 Å². The monoisotopic (exact) mass is 334 g/mol. The number of hydrogen-bond donors (Lipinski definition) is 0. The van der Waals surface area contributed by atoms with Gasteiger partial charge in [0.2, 0.25) is 0 Å². The Kier molecular flexibility index (Phi) is 4.16. The molecular formula is C19H18N4S. The third-order valence-electron chi connectivity index (χ3n) is 4.43. The second-order valence-electron chi connectivity index (χ2n) is 5.97. The minimum atomic E-state index is 0.761. The van der Waals surface area contributed by atoms with Crippen LogP contribution in [-0.4, -0.2) is 36.1 Å². The molecular weight excluding hydrogens is 316 g/mol. The normalized spacial score (nSPS) is 15.5. The van der Waals surface area contributed by atoms with E-state index in [1.807, 2.05) is 30.3 Å². The number of hydrogen-bond acceptors (Lipinski definition) is 5. The van der Waals surface area contributed by atoms with Crippen LogP contribution in [0.2, 0.25) is 0 Å². The van der Waals surface area contributed by atoms with Crippen molar-refractivity contribution in [1.29, 1.82) is 5.26 Å². The molecule has 3 aromatic rings. The van der Waals surface area contributed by atoms with E-state index >= 15 is 0 Å². The van der Waals surface area contributed by atoms with Gasteiger partial charge < -0.3 is 4.90 Å². The van der Waals surface area contributed by atoms with Crippen molar-refractivity contribution in [1.82, 2.24) is 9.88 Å². The smallest absolute Gasteiger partial charge is 0.108 e. The first kappa shape index (κ1) is 15.1. The highest BCUT2D eigenvalue weighted by Gasteiger charge is 2.20. The maximum absolute atomic E-state index is 9.27. The van der Waals surface area contributed by atoms with Crippen LogP contribution in [0.25, 0.3) is 10.2 Å². The lowest BCUT2D eigenvalue weighted by Crippen LogP contribution is -2.46. The van der Waals surface area contributed by atoms with E-state index in [0.29, 0.717) is 0 Å². The summed E-state index contributed by atoms with van der Waals surface area (Å²) in [5, 5.41) is 10.5. The highest BCUT2D eigenvalue weighted by atomic mass is 32.1. The first-order valence-electron chi connectivity index (χ1n) is 8.14. The zero-order chi connectivity index (χ0) is 16.4. The van der Waals surface area contributed by atoms with Gasteiger partial charge in [0.05, 0.1) is 28.0 Å². The molecule has 0 radical (unpaired) electrons. The molecule has 4 nitrogen and oxygen atoms in total. The molecule has 5 heteroatoms. The van der Waals surface area contributed by atoms with Gasteiger partial charge in [-0.1, -0.05) is 24.3 Å². The molecule has 0 saturated carbocycles. The predicted molar refractivity (Wildman–Crippen MR) is 98.3 cm³/mol. The topological polar surface area (TPSA) is 43.2 Å². The lowest BCUT2D eigenvalue weighted by molar-refractivity contribution is 0.249. The predicted octanol–water partition coefficient (Wildman–Crippen LogP) is 3.49. The van der Waals surface area contributed by atoms with Gasteiger partial charge in [-0.25, -0.2) is 4.98 Å². The number of fused-ring (bicyclic) bond motifs is 1. The van der Waals surface area contributed by atoms with Crippen LogP contribution < -0.4 is 4.90 Å². The average Bonchev–Trinajstić information content (AvgIpc) is 3.04. The van der Waals surface area contributed by atoms with Crippen molar-refractivity contribution in [2.24, 2.45) is 0 Å². The standard InChI is InChI=1S/C19H18N4S/c20-13-15-5-1-3-7-17(15)23-11-9-22(10-12-23)14-19-21-16-6-2-4-8-18(16)24-19/h1-8H,9-12,14H2. The Morgan fingerprint density at radius 1 is 1.00 bits per heavy atom. The molecule has 2 aromatic carbocycles. The summed E-state index contributed by atoms with van der Waals surface area (Å²) in [5.41, 5.74) is 2.91. The Morgan fingerprint density at radius 2 is 1.75 bits per heavy atom. The van der Waals surface area contributed by atoms with Gasteiger partial charge in [-0.3, -0.25) is 4.90 Å². The van der Waals surface area contributed by atoms with Crippen LogP contribution in [-0.2, 0) is 6.54 Å². The molecule has 0 amide bonds. The molecule has 4 rings (SSSR count). The summed E-state index contributed by atoms with van der Waals surface area (Å²) in [4.78, 5) is 9.49. The summed E-state index contributed by atoms with van der Waals surface area (Å²) in [7, 11) is 0. The number of nitriles is 1. The fourth-order valence-electron chi connectivity index (χ4n) is 3.17. The lowest BCUT2D eigenvalue weighted by atomic mass is 10.1. The summed E-state index contributed by atoms with van der Waals surface area (Å²) in [6.07, 6.45) is 0. The molecule has 1 aliphatic heterocycles. The van der Waals surface area contributed by atoms with E-state index in [-0.39, 0.29) is 0 Å². The number of nitrogens with zero attached hydrogens (tertiary/aromatic N) is 4. The van der Waals surface area contributed by atoms with Crippen LogP contribution in [0.1, 0.15) is 10.6 Å². The van der Waals surface area contributed by atoms with Crippen LogP contribution >= 0.6 is 11.3 Å². The quantitative estimate of drug-likeness (QED) is 0.735.